The Balaban J connectivity index is 1.88. The summed E-state index contributed by atoms with van der Waals surface area (Å²) >= 11 is 0. The first kappa shape index (κ1) is 27.9. The van der Waals surface area contributed by atoms with Gasteiger partial charge >= 0.3 is 0 Å². The monoisotopic (exact) mass is 476 g/mol. The molecule has 3 unspecified atom stereocenters. The first-order valence-electron chi connectivity index (χ1n) is 14.0. The van der Waals surface area contributed by atoms with E-state index in [0.29, 0.717) is 11.8 Å². The average Bonchev–Trinajstić information content (AvgIpc) is 3.04. The zero-order valence-electron chi connectivity index (χ0n) is 23.2. The van der Waals surface area contributed by atoms with Gasteiger partial charge in [0.25, 0.3) is 0 Å². The average molecular weight is 477 g/mol. The number of rotatable bonds is 9. The topological polar surface area (TPSA) is 77.8 Å². The Hall–Kier alpha value is -0.710. The summed E-state index contributed by atoms with van der Waals surface area (Å²) in [5.41, 5.74) is 2.37. The van der Waals surface area contributed by atoms with Crippen LogP contribution in [0, 0.1) is 34.0 Å². The van der Waals surface area contributed by atoms with Crippen LogP contribution in [0.3, 0.4) is 0 Å². The number of fused-ring (bicyclic) bond motifs is 2. The Bertz CT molecular complexity index is 794. The van der Waals surface area contributed by atoms with Crippen molar-refractivity contribution in [2.75, 3.05) is 0 Å². The van der Waals surface area contributed by atoms with Crippen molar-refractivity contribution in [3.63, 3.8) is 0 Å². The summed E-state index contributed by atoms with van der Waals surface area (Å²) in [5, 5.41) is 31.4. The number of carbonyl (C=O) groups is 1. The third kappa shape index (κ3) is 4.57. The molecule has 1 saturated carbocycles. The van der Waals surface area contributed by atoms with Crippen LogP contribution in [0.2, 0.25) is 0 Å². The van der Waals surface area contributed by atoms with Crippen molar-refractivity contribution >= 4 is 5.78 Å². The number of Topliss-reactive ketones (excluding diaryl/α,β-unsaturated/α-hetero) is 1. The summed E-state index contributed by atoms with van der Waals surface area (Å²) < 4.78 is 0. The molecule has 0 aromatic carbocycles. The van der Waals surface area contributed by atoms with Gasteiger partial charge in [-0.05, 0) is 106 Å². The van der Waals surface area contributed by atoms with E-state index in [0.717, 1.165) is 44.9 Å². The highest BCUT2D eigenvalue weighted by Crippen LogP contribution is 2.70. The van der Waals surface area contributed by atoms with Gasteiger partial charge < -0.3 is 15.3 Å². The molecule has 0 saturated heterocycles. The molecule has 0 heterocycles. The molecule has 0 spiro atoms. The SMILES string of the molecule is CC[C@@H](O)CC[C@]1(C)C2=C(CCC1C)[C@]1(C)CCC([C@H](C)C(O)CC(=O)C(C)(C)O)[C@@]1(C)CC2. The lowest BCUT2D eigenvalue weighted by Crippen LogP contribution is -2.49. The number of aliphatic hydroxyl groups is 3. The van der Waals surface area contributed by atoms with E-state index in [9.17, 15) is 20.1 Å². The number of aliphatic hydroxyl groups excluding tert-OH is 2. The maximum absolute atomic E-state index is 12.4. The third-order valence-electron chi connectivity index (χ3n) is 11.3. The molecule has 0 aromatic heterocycles. The van der Waals surface area contributed by atoms with E-state index in [1.165, 1.54) is 26.7 Å². The van der Waals surface area contributed by atoms with Crippen molar-refractivity contribution in [1.82, 2.24) is 0 Å². The fourth-order valence-corrected chi connectivity index (χ4v) is 8.12. The standard InChI is InChI=1S/C30H52O4/c1-9-21(31)12-15-28(6)19(2)10-11-24-23(28)14-17-29(7)22(13-16-30(24,29)8)20(3)25(32)18-26(33)27(4,5)34/h19-22,25,31-32,34H,9-18H2,1-8H3/t19?,20-,21+,22?,25?,28-,29+,30-/m0/s1. The summed E-state index contributed by atoms with van der Waals surface area (Å²) in [7, 11) is 0. The molecule has 4 nitrogen and oxygen atoms in total. The van der Waals surface area contributed by atoms with E-state index in [2.05, 4.69) is 41.5 Å². The van der Waals surface area contributed by atoms with Crippen LogP contribution >= 0.6 is 0 Å². The van der Waals surface area contributed by atoms with Crippen molar-refractivity contribution in [3.05, 3.63) is 11.1 Å². The molecule has 0 radical (unpaired) electrons. The van der Waals surface area contributed by atoms with Crippen LogP contribution in [0.5, 0.6) is 0 Å². The first-order valence-corrected chi connectivity index (χ1v) is 14.0. The molecular weight excluding hydrogens is 424 g/mol. The fourth-order valence-electron chi connectivity index (χ4n) is 8.12. The maximum atomic E-state index is 12.4. The van der Waals surface area contributed by atoms with Gasteiger partial charge in [-0.15, -0.1) is 0 Å². The van der Waals surface area contributed by atoms with Crippen LogP contribution in [0.25, 0.3) is 0 Å². The molecule has 4 heteroatoms. The predicted octanol–water partition coefficient (Wildman–Crippen LogP) is 6.21. The minimum absolute atomic E-state index is 0.0221. The van der Waals surface area contributed by atoms with Gasteiger partial charge in [0.15, 0.2) is 5.78 Å². The molecule has 0 bridgehead atoms. The summed E-state index contributed by atoms with van der Waals surface area (Å²) in [5.74, 6) is 0.740. The highest BCUT2D eigenvalue weighted by molar-refractivity contribution is 5.86. The Morgan fingerprint density at radius 3 is 2.32 bits per heavy atom. The van der Waals surface area contributed by atoms with E-state index in [1.54, 1.807) is 11.1 Å². The number of allylic oxidation sites excluding steroid dienone is 2. The molecule has 0 aromatic rings. The van der Waals surface area contributed by atoms with Crippen LogP contribution in [0.1, 0.15) is 120 Å². The second kappa shape index (κ2) is 9.63. The van der Waals surface area contributed by atoms with Gasteiger partial charge in [-0.2, -0.15) is 0 Å². The molecule has 196 valence electrons. The Morgan fingerprint density at radius 2 is 1.74 bits per heavy atom. The van der Waals surface area contributed by atoms with E-state index in [1.807, 2.05) is 0 Å². The Labute approximate surface area is 208 Å². The van der Waals surface area contributed by atoms with Crippen molar-refractivity contribution in [1.29, 1.82) is 0 Å². The first-order chi connectivity index (χ1) is 15.6. The van der Waals surface area contributed by atoms with Crippen LogP contribution in [0.4, 0.5) is 0 Å². The minimum Gasteiger partial charge on any atom is -0.393 e. The number of ketones is 1. The van der Waals surface area contributed by atoms with E-state index in [4.69, 9.17) is 0 Å². The van der Waals surface area contributed by atoms with E-state index in [-0.39, 0.29) is 40.5 Å². The van der Waals surface area contributed by atoms with Crippen LogP contribution in [-0.4, -0.2) is 38.9 Å². The molecule has 8 atom stereocenters. The van der Waals surface area contributed by atoms with Crippen molar-refractivity contribution in [2.24, 2.45) is 34.0 Å². The molecule has 0 aliphatic heterocycles. The molecule has 3 rings (SSSR count). The van der Waals surface area contributed by atoms with Gasteiger partial charge in [-0.25, -0.2) is 0 Å². The fraction of sp³-hybridized carbons (Fsp3) is 0.900. The second-order valence-corrected chi connectivity index (χ2v) is 13.4. The molecular formula is C30H52O4. The Kier molecular flexibility index (Phi) is 7.90. The van der Waals surface area contributed by atoms with Crippen molar-refractivity contribution in [2.45, 2.75) is 137 Å². The lowest BCUT2D eigenvalue weighted by atomic mass is 9.47. The van der Waals surface area contributed by atoms with Crippen molar-refractivity contribution in [3.8, 4) is 0 Å². The number of hydrogen-bond donors (Lipinski definition) is 3. The van der Waals surface area contributed by atoms with E-state index < -0.39 is 11.7 Å². The smallest absolute Gasteiger partial charge is 0.166 e. The largest absolute Gasteiger partial charge is 0.393 e. The summed E-state index contributed by atoms with van der Waals surface area (Å²) in [6.45, 7) is 17.0. The van der Waals surface area contributed by atoms with Crippen molar-refractivity contribution < 1.29 is 20.1 Å². The molecule has 1 fully saturated rings. The lowest BCUT2D eigenvalue weighted by Gasteiger charge is -2.57. The second-order valence-electron chi connectivity index (χ2n) is 13.4. The number of carbonyl (C=O) groups excluding carboxylic acids is 1. The summed E-state index contributed by atoms with van der Waals surface area (Å²) in [6, 6.07) is 0. The van der Waals surface area contributed by atoms with Gasteiger partial charge in [-0.3, -0.25) is 4.79 Å². The quantitative estimate of drug-likeness (QED) is 0.346. The molecule has 3 N–H and O–H groups in total. The summed E-state index contributed by atoms with van der Waals surface area (Å²) in [4.78, 5) is 12.4. The normalized spacial score (nSPS) is 38.8. The van der Waals surface area contributed by atoms with Gasteiger partial charge in [0.1, 0.15) is 5.60 Å². The third-order valence-corrected chi connectivity index (χ3v) is 11.3. The molecule has 3 aliphatic rings. The lowest BCUT2D eigenvalue weighted by molar-refractivity contribution is -0.137. The van der Waals surface area contributed by atoms with Crippen LogP contribution in [0.15, 0.2) is 11.1 Å². The Morgan fingerprint density at radius 1 is 1.09 bits per heavy atom. The van der Waals surface area contributed by atoms with Crippen LogP contribution < -0.4 is 0 Å². The summed E-state index contributed by atoms with van der Waals surface area (Å²) in [6.07, 6.45) is 8.73. The predicted molar refractivity (Wildman–Crippen MR) is 138 cm³/mol. The minimum atomic E-state index is -1.39. The van der Waals surface area contributed by atoms with E-state index >= 15 is 0 Å². The zero-order chi connectivity index (χ0) is 25.7. The molecule has 34 heavy (non-hydrogen) atoms. The van der Waals surface area contributed by atoms with Crippen LogP contribution in [-0.2, 0) is 4.79 Å². The molecule has 3 aliphatic carbocycles. The maximum Gasteiger partial charge on any atom is 0.166 e. The van der Waals surface area contributed by atoms with Gasteiger partial charge in [-0.1, -0.05) is 52.7 Å². The van der Waals surface area contributed by atoms with Gasteiger partial charge in [0.05, 0.1) is 12.2 Å². The highest BCUT2D eigenvalue weighted by atomic mass is 16.3. The zero-order valence-corrected chi connectivity index (χ0v) is 23.2. The van der Waals surface area contributed by atoms with Gasteiger partial charge in [0, 0.05) is 6.42 Å². The number of hydrogen-bond acceptors (Lipinski definition) is 4. The highest BCUT2D eigenvalue weighted by Gasteiger charge is 2.61. The molecule has 0 amide bonds. The van der Waals surface area contributed by atoms with Gasteiger partial charge in [0.2, 0.25) is 0 Å².